The Morgan fingerprint density at radius 1 is 1.00 bits per heavy atom. The van der Waals surface area contributed by atoms with E-state index >= 15 is 0 Å². The van der Waals surface area contributed by atoms with Crippen LogP contribution in [0.25, 0.3) is 22.3 Å². The largest absolute Gasteiger partial charge is 0.383 e. The van der Waals surface area contributed by atoms with E-state index in [1.54, 1.807) is 10.7 Å². The number of aromatic nitrogens is 6. The lowest BCUT2D eigenvalue weighted by atomic mass is 10.0. The highest BCUT2D eigenvalue weighted by Gasteiger charge is 2.23. The van der Waals surface area contributed by atoms with Gasteiger partial charge in [-0.1, -0.05) is 60.7 Å². The molecule has 0 bridgehead atoms. The van der Waals surface area contributed by atoms with E-state index in [1.807, 2.05) is 67.6 Å². The fraction of sp³-hybridized carbons (Fsp3) is 0.125. The third-order valence-corrected chi connectivity index (χ3v) is 6.30. The number of nitrogen functional groups attached to an aromatic ring is 1. The molecule has 0 aliphatic heterocycles. The van der Waals surface area contributed by atoms with Gasteiger partial charge in [0, 0.05) is 17.2 Å². The highest BCUT2D eigenvalue weighted by atomic mass is 127. The minimum Gasteiger partial charge on any atom is -0.383 e. The third kappa shape index (κ3) is 3.99. The number of anilines is 1. The average Bonchev–Trinajstić information content (AvgIpc) is 3.18. The van der Waals surface area contributed by atoms with Gasteiger partial charge < -0.3 is 5.73 Å². The minimum absolute atomic E-state index is 0.180. The molecule has 3 aromatic heterocycles. The molecule has 5 aromatic rings. The Kier molecular flexibility index (Phi) is 5.63. The highest BCUT2D eigenvalue weighted by molar-refractivity contribution is 14.1. The van der Waals surface area contributed by atoms with E-state index in [0.29, 0.717) is 27.1 Å². The second-order valence-electron chi connectivity index (χ2n) is 7.66. The molecule has 0 spiro atoms. The quantitative estimate of drug-likeness (QED) is 0.334. The van der Waals surface area contributed by atoms with Crippen LogP contribution in [-0.2, 0) is 6.54 Å². The van der Waals surface area contributed by atoms with Crippen molar-refractivity contribution in [3.63, 3.8) is 0 Å². The standard InChI is InChI=1S/C24H20IN7O/c1-15(32-24-20(22(25)30-32)23(26)27-14-28-24)18-12-19(33)31(13-16-8-4-2-5-9-16)29-21(18)17-10-6-3-7-11-17/h2-12,14-15H,13H2,1H3,(H2,26,27,28). The molecule has 0 saturated heterocycles. The summed E-state index contributed by atoms with van der Waals surface area (Å²) in [4.78, 5) is 21.6. The van der Waals surface area contributed by atoms with Gasteiger partial charge in [-0.2, -0.15) is 10.2 Å². The van der Waals surface area contributed by atoms with E-state index < -0.39 is 0 Å². The molecule has 0 aliphatic rings. The van der Waals surface area contributed by atoms with Gasteiger partial charge in [0.1, 0.15) is 15.8 Å². The molecule has 8 nitrogen and oxygen atoms in total. The van der Waals surface area contributed by atoms with Crippen molar-refractivity contribution < 1.29 is 0 Å². The van der Waals surface area contributed by atoms with Crippen LogP contribution >= 0.6 is 22.6 Å². The van der Waals surface area contributed by atoms with Crippen molar-refractivity contribution in [2.45, 2.75) is 19.5 Å². The normalized spacial score (nSPS) is 12.2. The van der Waals surface area contributed by atoms with Crippen molar-refractivity contribution in [2.24, 2.45) is 0 Å². The molecule has 33 heavy (non-hydrogen) atoms. The summed E-state index contributed by atoms with van der Waals surface area (Å²) in [5.74, 6) is 0.377. The van der Waals surface area contributed by atoms with Crippen molar-refractivity contribution >= 4 is 39.4 Å². The number of nitrogens with zero attached hydrogens (tertiary/aromatic N) is 6. The Balaban J connectivity index is 1.68. The third-order valence-electron chi connectivity index (χ3n) is 5.54. The maximum atomic E-state index is 13.1. The van der Waals surface area contributed by atoms with E-state index in [2.05, 4.69) is 37.7 Å². The number of benzene rings is 2. The lowest BCUT2D eigenvalue weighted by Crippen LogP contribution is -2.26. The fourth-order valence-electron chi connectivity index (χ4n) is 3.87. The van der Waals surface area contributed by atoms with Crippen molar-refractivity contribution in [2.75, 3.05) is 5.73 Å². The molecule has 0 fully saturated rings. The van der Waals surface area contributed by atoms with Crippen LogP contribution in [0.3, 0.4) is 0 Å². The molecule has 1 unspecified atom stereocenters. The smallest absolute Gasteiger partial charge is 0.267 e. The molecule has 2 N–H and O–H groups in total. The zero-order chi connectivity index (χ0) is 22.9. The number of halogens is 1. The van der Waals surface area contributed by atoms with Gasteiger partial charge in [-0.15, -0.1) is 0 Å². The zero-order valence-corrected chi connectivity index (χ0v) is 19.9. The van der Waals surface area contributed by atoms with Crippen LogP contribution in [0.15, 0.2) is 77.9 Å². The lowest BCUT2D eigenvalue weighted by molar-refractivity contribution is 0.561. The summed E-state index contributed by atoms with van der Waals surface area (Å²) in [6.07, 6.45) is 1.42. The first-order valence-electron chi connectivity index (χ1n) is 10.4. The van der Waals surface area contributed by atoms with Crippen LogP contribution in [0.5, 0.6) is 0 Å². The molecule has 2 aromatic carbocycles. The van der Waals surface area contributed by atoms with Gasteiger partial charge in [0.2, 0.25) is 0 Å². The lowest BCUT2D eigenvalue weighted by Gasteiger charge is -2.18. The van der Waals surface area contributed by atoms with E-state index in [9.17, 15) is 4.79 Å². The molecule has 0 saturated carbocycles. The molecular formula is C24H20IN7O. The Morgan fingerprint density at radius 3 is 2.42 bits per heavy atom. The van der Waals surface area contributed by atoms with Gasteiger partial charge in [-0.05, 0) is 35.1 Å². The molecule has 0 aliphatic carbocycles. The number of rotatable bonds is 5. The number of hydrogen-bond acceptors (Lipinski definition) is 6. The molecule has 0 amide bonds. The second-order valence-corrected chi connectivity index (χ2v) is 8.69. The summed E-state index contributed by atoms with van der Waals surface area (Å²) >= 11 is 2.13. The monoisotopic (exact) mass is 549 g/mol. The van der Waals surface area contributed by atoms with Gasteiger partial charge in [-0.3, -0.25) is 4.79 Å². The summed E-state index contributed by atoms with van der Waals surface area (Å²) in [6, 6.07) is 21.0. The summed E-state index contributed by atoms with van der Waals surface area (Å²) in [7, 11) is 0. The molecule has 3 heterocycles. The van der Waals surface area contributed by atoms with Gasteiger partial charge in [0.15, 0.2) is 5.65 Å². The molecule has 5 rings (SSSR count). The number of fused-ring (bicyclic) bond motifs is 1. The predicted molar refractivity (Wildman–Crippen MR) is 136 cm³/mol. The molecule has 1 atom stereocenters. The maximum absolute atomic E-state index is 13.1. The maximum Gasteiger partial charge on any atom is 0.267 e. The first-order chi connectivity index (χ1) is 16.0. The SMILES string of the molecule is CC(c1cc(=O)n(Cc2ccccc2)nc1-c1ccccc1)n1nc(I)c2c(N)ncnc21. The Bertz CT molecular complexity index is 1500. The van der Waals surface area contributed by atoms with Crippen molar-refractivity contribution in [1.29, 1.82) is 0 Å². The van der Waals surface area contributed by atoms with Crippen molar-refractivity contribution in [1.82, 2.24) is 29.5 Å². The Labute approximate surface area is 203 Å². The van der Waals surface area contributed by atoms with Gasteiger partial charge in [0.25, 0.3) is 5.56 Å². The second kappa shape index (κ2) is 8.74. The number of hydrogen-bond donors (Lipinski definition) is 1. The van der Waals surface area contributed by atoms with Gasteiger partial charge >= 0.3 is 0 Å². The Morgan fingerprint density at radius 2 is 1.70 bits per heavy atom. The number of nitrogens with two attached hydrogens (primary N) is 1. The van der Waals surface area contributed by atoms with Gasteiger partial charge in [-0.25, -0.2) is 19.3 Å². The van der Waals surface area contributed by atoms with Crippen LogP contribution in [-0.4, -0.2) is 29.5 Å². The minimum atomic E-state index is -0.313. The summed E-state index contributed by atoms with van der Waals surface area (Å²) < 4.78 is 3.98. The summed E-state index contributed by atoms with van der Waals surface area (Å²) in [5.41, 5.74) is 9.91. The molecule has 164 valence electrons. The fourth-order valence-corrected chi connectivity index (χ4v) is 4.62. The van der Waals surface area contributed by atoms with E-state index in [-0.39, 0.29) is 11.6 Å². The van der Waals surface area contributed by atoms with E-state index in [1.165, 1.54) is 11.0 Å². The zero-order valence-electron chi connectivity index (χ0n) is 17.8. The van der Waals surface area contributed by atoms with Crippen LogP contribution in [0, 0.1) is 3.70 Å². The van der Waals surface area contributed by atoms with E-state index in [4.69, 9.17) is 10.8 Å². The topological polar surface area (TPSA) is 105 Å². The Hall–Kier alpha value is -3.60. The summed E-state index contributed by atoms with van der Waals surface area (Å²) in [5, 5.41) is 10.2. The van der Waals surface area contributed by atoms with Crippen LogP contribution in [0.4, 0.5) is 5.82 Å². The molecule has 0 radical (unpaired) electrons. The molecule has 9 heteroatoms. The van der Waals surface area contributed by atoms with Crippen LogP contribution in [0.1, 0.15) is 24.1 Å². The first-order valence-corrected chi connectivity index (χ1v) is 11.5. The van der Waals surface area contributed by atoms with Crippen molar-refractivity contribution in [3.8, 4) is 11.3 Å². The van der Waals surface area contributed by atoms with Crippen LogP contribution in [0.2, 0.25) is 0 Å². The van der Waals surface area contributed by atoms with Crippen molar-refractivity contribution in [3.05, 3.63) is 98.2 Å². The highest BCUT2D eigenvalue weighted by Crippen LogP contribution is 2.31. The summed E-state index contributed by atoms with van der Waals surface area (Å²) in [6.45, 7) is 2.37. The van der Waals surface area contributed by atoms with E-state index in [0.717, 1.165) is 22.4 Å². The average molecular weight is 549 g/mol. The molecular weight excluding hydrogens is 529 g/mol. The predicted octanol–water partition coefficient (Wildman–Crippen LogP) is 3.89. The van der Waals surface area contributed by atoms with Gasteiger partial charge in [0.05, 0.1) is 23.7 Å². The van der Waals surface area contributed by atoms with Crippen LogP contribution < -0.4 is 11.3 Å². The first kappa shape index (κ1) is 21.3.